The van der Waals surface area contributed by atoms with Gasteiger partial charge in [0.05, 0.1) is 18.4 Å². The van der Waals surface area contributed by atoms with E-state index in [1.165, 1.54) is 23.8 Å². The molecule has 1 amide bonds. The van der Waals surface area contributed by atoms with Crippen LogP contribution in [0.3, 0.4) is 0 Å². The third-order valence-corrected chi connectivity index (χ3v) is 4.39. The number of hydrogen-bond donors (Lipinski definition) is 0. The van der Waals surface area contributed by atoms with Crippen molar-refractivity contribution in [3.8, 4) is 0 Å². The van der Waals surface area contributed by atoms with E-state index in [4.69, 9.17) is 12.2 Å². The van der Waals surface area contributed by atoms with Crippen LogP contribution >= 0.6 is 24.0 Å². The van der Waals surface area contributed by atoms with Crippen molar-refractivity contribution in [2.75, 3.05) is 13.7 Å². The highest BCUT2D eigenvalue weighted by Crippen LogP contribution is 2.32. The predicted octanol–water partition coefficient (Wildman–Crippen LogP) is 2.76. The minimum absolute atomic E-state index is 0.140. The van der Waals surface area contributed by atoms with E-state index >= 15 is 0 Å². The lowest BCUT2D eigenvalue weighted by Gasteiger charge is -2.12. The number of methoxy groups -OCH3 is 1. The van der Waals surface area contributed by atoms with Crippen LogP contribution in [0.25, 0.3) is 6.08 Å². The van der Waals surface area contributed by atoms with Crippen molar-refractivity contribution in [3.63, 3.8) is 0 Å². The summed E-state index contributed by atoms with van der Waals surface area (Å²) in [5.41, 5.74) is 2.12. The third kappa shape index (κ3) is 3.92. The minimum Gasteiger partial charge on any atom is -0.469 e. The molecule has 0 saturated carbocycles. The van der Waals surface area contributed by atoms with E-state index in [2.05, 4.69) is 4.74 Å². The van der Waals surface area contributed by atoms with Crippen LogP contribution < -0.4 is 0 Å². The summed E-state index contributed by atoms with van der Waals surface area (Å²) in [4.78, 5) is 25.5. The normalized spacial score (nSPS) is 16.7. The molecule has 1 aromatic rings. The van der Waals surface area contributed by atoms with Crippen molar-refractivity contribution in [3.05, 3.63) is 40.3 Å². The summed E-state index contributed by atoms with van der Waals surface area (Å²) < 4.78 is 5.05. The zero-order valence-electron chi connectivity index (χ0n) is 11.8. The highest BCUT2D eigenvalue weighted by molar-refractivity contribution is 8.26. The maximum atomic E-state index is 12.3. The average Bonchev–Trinajstić information content (AvgIpc) is 2.73. The molecule has 1 aliphatic rings. The Hall–Kier alpha value is -1.66. The van der Waals surface area contributed by atoms with Gasteiger partial charge >= 0.3 is 5.97 Å². The fourth-order valence-electron chi connectivity index (χ4n) is 1.81. The number of thiocarbonyl (C=S) groups is 1. The van der Waals surface area contributed by atoms with Gasteiger partial charge in [-0.15, -0.1) is 0 Å². The number of esters is 1. The molecule has 6 heteroatoms. The smallest absolute Gasteiger partial charge is 0.307 e. The Morgan fingerprint density at radius 1 is 1.38 bits per heavy atom. The molecule has 0 spiro atoms. The van der Waals surface area contributed by atoms with Gasteiger partial charge in [0.25, 0.3) is 5.91 Å². The number of carbonyl (C=O) groups excluding carboxylic acids is 2. The summed E-state index contributed by atoms with van der Waals surface area (Å²) in [7, 11) is 1.32. The number of carbonyl (C=O) groups is 2. The summed E-state index contributed by atoms with van der Waals surface area (Å²) in [6, 6.07) is 7.89. The minimum atomic E-state index is -0.355. The molecule has 1 fully saturated rings. The Balaban J connectivity index is 2.10. The number of nitrogens with zero attached hydrogens (tertiary/aromatic N) is 1. The first kappa shape index (κ1) is 15.7. The molecule has 4 nitrogen and oxygen atoms in total. The van der Waals surface area contributed by atoms with Crippen LogP contribution in [0.15, 0.2) is 29.2 Å². The van der Waals surface area contributed by atoms with E-state index in [-0.39, 0.29) is 24.8 Å². The van der Waals surface area contributed by atoms with Gasteiger partial charge < -0.3 is 4.74 Å². The van der Waals surface area contributed by atoms with E-state index < -0.39 is 0 Å². The number of ether oxygens (including phenoxy) is 1. The molecule has 0 unspecified atom stereocenters. The lowest BCUT2D eigenvalue weighted by Crippen LogP contribution is -2.30. The number of thioether (sulfide) groups is 1. The van der Waals surface area contributed by atoms with Crippen molar-refractivity contribution >= 4 is 46.3 Å². The number of hydrogen-bond acceptors (Lipinski definition) is 5. The van der Waals surface area contributed by atoms with Crippen molar-refractivity contribution in [1.82, 2.24) is 4.90 Å². The van der Waals surface area contributed by atoms with Gasteiger partial charge in [-0.1, -0.05) is 53.8 Å². The van der Waals surface area contributed by atoms with Crippen LogP contribution in [0.5, 0.6) is 0 Å². The number of benzene rings is 1. The van der Waals surface area contributed by atoms with Crippen molar-refractivity contribution in [2.24, 2.45) is 0 Å². The van der Waals surface area contributed by atoms with Gasteiger partial charge in [-0.3, -0.25) is 14.5 Å². The van der Waals surface area contributed by atoms with Gasteiger partial charge in [-0.05, 0) is 18.6 Å². The molecule has 0 aliphatic carbocycles. The first-order valence-corrected chi connectivity index (χ1v) is 7.62. The largest absolute Gasteiger partial charge is 0.469 e. The Kier molecular flexibility index (Phi) is 5.14. The maximum absolute atomic E-state index is 12.3. The van der Waals surface area contributed by atoms with Gasteiger partial charge in [-0.25, -0.2) is 0 Å². The molecule has 21 heavy (non-hydrogen) atoms. The van der Waals surface area contributed by atoms with Crippen LogP contribution in [0.4, 0.5) is 0 Å². The quantitative estimate of drug-likeness (QED) is 0.485. The predicted molar refractivity (Wildman–Crippen MR) is 87.7 cm³/mol. The van der Waals surface area contributed by atoms with E-state index in [1.807, 2.05) is 37.3 Å². The lowest BCUT2D eigenvalue weighted by molar-refractivity contribution is -0.140. The van der Waals surface area contributed by atoms with E-state index in [9.17, 15) is 9.59 Å². The van der Waals surface area contributed by atoms with Gasteiger partial charge in [-0.2, -0.15) is 0 Å². The van der Waals surface area contributed by atoms with Crippen LogP contribution in [0.1, 0.15) is 17.5 Å². The van der Waals surface area contributed by atoms with Gasteiger partial charge in [0.2, 0.25) is 0 Å². The summed E-state index contributed by atoms with van der Waals surface area (Å²) in [6.07, 6.45) is 1.96. The standard InChI is InChI=1S/C15H15NO3S2/c1-10-3-5-11(6-4-10)9-12-14(18)16(15(20)21-12)8-7-13(17)19-2/h3-6,9H,7-8H2,1-2H3/b12-9-. The van der Waals surface area contributed by atoms with E-state index in [0.717, 1.165) is 11.1 Å². The highest BCUT2D eigenvalue weighted by atomic mass is 32.2. The monoisotopic (exact) mass is 321 g/mol. The van der Waals surface area contributed by atoms with E-state index in [1.54, 1.807) is 0 Å². The second-order valence-electron chi connectivity index (χ2n) is 4.57. The van der Waals surface area contributed by atoms with Gasteiger partial charge in [0, 0.05) is 6.54 Å². The van der Waals surface area contributed by atoms with Crippen molar-refractivity contribution in [2.45, 2.75) is 13.3 Å². The average molecular weight is 321 g/mol. The van der Waals surface area contributed by atoms with Crippen LogP contribution in [0.2, 0.25) is 0 Å². The molecule has 0 aromatic heterocycles. The number of amides is 1. The Morgan fingerprint density at radius 2 is 2.05 bits per heavy atom. The fraction of sp³-hybridized carbons (Fsp3) is 0.267. The van der Waals surface area contributed by atoms with Gasteiger partial charge in [0.1, 0.15) is 4.32 Å². The summed E-state index contributed by atoms with van der Waals surface area (Å²) in [5, 5.41) is 0. The van der Waals surface area contributed by atoms with Crippen LogP contribution in [-0.4, -0.2) is 34.8 Å². The number of rotatable bonds is 4. The van der Waals surface area contributed by atoms with Crippen molar-refractivity contribution < 1.29 is 14.3 Å². The van der Waals surface area contributed by atoms with Crippen LogP contribution in [0, 0.1) is 6.92 Å². The van der Waals surface area contributed by atoms with Gasteiger partial charge in [0.15, 0.2) is 0 Å². The van der Waals surface area contributed by atoms with Crippen LogP contribution in [-0.2, 0) is 14.3 Å². The zero-order chi connectivity index (χ0) is 15.4. The summed E-state index contributed by atoms with van der Waals surface area (Å²) >= 11 is 6.45. The molecular formula is C15H15NO3S2. The third-order valence-electron chi connectivity index (χ3n) is 3.02. The molecule has 110 valence electrons. The second-order valence-corrected chi connectivity index (χ2v) is 6.25. The topological polar surface area (TPSA) is 46.6 Å². The molecule has 0 atom stereocenters. The first-order valence-electron chi connectivity index (χ1n) is 6.40. The molecule has 1 heterocycles. The fourth-order valence-corrected chi connectivity index (χ4v) is 3.12. The molecule has 0 N–H and O–H groups in total. The molecule has 1 aromatic carbocycles. The Morgan fingerprint density at radius 3 is 2.67 bits per heavy atom. The SMILES string of the molecule is COC(=O)CCN1C(=O)/C(=C/c2ccc(C)cc2)SC1=S. The second kappa shape index (κ2) is 6.87. The highest BCUT2D eigenvalue weighted by Gasteiger charge is 2.32. The Bertz CT molecular complexity index is 608. The van der Waals surface area contributed by atoms with Crippen molar-refractivity contribution in [1.29, 1.82) is 0 Å². The first-order chi connectivity index (χ1) is 10.0. The zero-order valence-corrected chi connectivity index (χ0v) is 13.4. The Labute approximate surface area is 133 Å². The molecule has 1 saturated heterocycles. The molecule has 1 aliphatic heterocycles. The van der Waals surface area contributed by atoms with E-state index in [0.29, 0.717) is 9.23 Å². The molecule has 0 bridgehead atoms. The molecular weight excluding hydrogens is 306 g/mol. The maximum Gasteiger partial charge on any atom is 0.307 e. The molecule has 2 rings (SSSR count). The summed E-state index contributed by atoms with van der Waals surface area (Å²) in [6.45, 7) is 2.26. The summed E-state index contributed by atoms with van der Waals surface area (Å²) in [5.74, 6) is -0.513. The lowest BCUT2D eigenvalue weighted by atomic mass is 10.1. The number of aryl methyl sites for hydroxylation is 1. The molecule has 0 radical (unpaired) electrons.